The molecule has 3 aliphatic carbocycles. The quantitative estimate of drug-likeness (QED) is 0.298. The Labute approximate surface area is 221 Å². The lowest BCUT2D eigenvalue weighted by atomic mass is 9.54. The summed E-state index contributed by atoms with van der Waals surface area (Å²) in [5, 5.41) is 56.8. The number of carbonyl (C=O) groups excluding carboxylic acids is 3. The molecule has 10 heteroatoms. The van der Waals surface area contributed by atoms with Crippen molar-refractivity contribution in [2.45, 2.75) is 63.7 Å². The molecule has 1 saturated carbocycles. The van der Waals surface area contributed by atoms with E-state index in [0.29, 0.717) is 23.5 Å². The van der Waals surface area contributed by atoms with Gasteiger partial charge in [0.1, 0.15) is 22.8 Å². The number of fused-ring (bicyclic) bond motifs is 3. The number of hydrogen-bond donors (Lipinski definition) is 6. The van der Waals surface area contributed by atoms with Gasteiger partial charge in [-0.3, -0.25) is 19.3 Å². The number of Topliss-reactive ketones (excluding diaryl/α,β-unsaturated/α-hetero) is 2. The van der Waals surface area contributed by atoms with Gasteiger partial charge in [0.25, 0.3) is 5.91 Å². The van der Waals surface area contributed by atoms with Crippen LogP contribution in [0.1, 0.15) is 56.2 Å². The highest BCUT2D eigenvalue weighted by Gasteiger charge is 2.68. The number of likely N-dealkylation sites (N-methyl/N-ethyl adjacent to an activating group) is 1. The lowest BCUT2D eigenvalue weighted by Crippen LogP contribution is -2.70. The van der Waals surface area contributed by atoms with Gasteiger partial charge < -0.3 is 31.3 Å². The van der Waals surface area contributed by atoms with E-state index in [1.54, 1.807) is 19.1 Å². The van der Waals surface area contributed by atoms with Gasteiger partial charge in [-0.2, -0.15) is 0 Å². The molecule has 0 heterocycles. The predicted molar refractivity (Wildman–Crippen MR) is 138 cm³/mol. The Hall–Kier alpha value is -3.21. The number of amides is 1. The minimum atomic E-state index is -2.91. The van der Waals surface area contributed by atoms with Crippen LogP contribution in [-0.4, -0.2) is 79.7 Å². The molecule has 0 radical (unpaired) electrons. The SMILES string of the molecule is CC(C)CCCc1ccc2c(c1O)C(O)=C1C(=O)[C@]3(O)C(O)=C(C(N)=O)C(=O)[C@@H](N(C)C)C3[C@@H](O)C1[C@H]2C. The van der Waals surface area contributed by atoms with E-state index in [1.807, 2.05) is 0 Å². The third-order valence-electron chi connectivity index (χ3n) is 8.44. The summed E-state index contributed by atoms with van der Waals surface area (Å²) in [6.07, 6.45) is 0.672. The van der Waals surface area contributed by atoms with Crippen molar-refractivity contribution >= 4 is 23.2 Å². The second-order valence-corrected chi connectivity index (χ2v) is 11.4. The van der Waals surface area contributed by atoms with E-state index < -0.39 is 70.1 Å². The van der Waals surface area contributed by atoms with Gasteiger partial charge in [0, 0.05) is 11.5 Å². The van der Waals surface area contributed by atoms with E-state index in [4.69, 9.17) is 5.73 Å². The average molecular weight is 529 g/mol. The zero-order chi connectivity index (χ0) is 28.4. The van der Waals surface area contributed by atoms with Crippen LogP contribution < -0.4 is 5.73 Å². The number of benzene rings is 1. The van der Waals surface area contributed by atoms with Crippen LogP contribution in [-0.2, 0) is 20.8 Å². The molecule has 6 atom stereocenters. The van der Waals surface area contributed by atoms with Crippen LogP contribution in [0.5, 0.6) is 5.75 Å². The van der Waals surface area contributed by atoms with Gasteiger partial charge in [-0.1, -0.05) is 39.3 Å². The summed E-state index contributed by atoms with van der Waals surface area (Å²) >= 11 is 0. The van der Waals surface area contributed by atoms with Gasteiger partial charge in [0.15, 0.2) is 11.4 Å². The van der Waals surface area contributed by atoms with E-state index in [2.05, 4.69) is 13.8 Å². The highest BCUT2D eigenvalue weighted by atomic mass is 16.4. The highest BCUT2D eigenvalue weighted by Crippen LogP contribution is 2.56. The van der Waals surface area contributed by atoms with E-state index in [1.165, 1.54) is 19.0 Å². The first-order valence-electron chi connectivity index (χ1n) is 12.8. The Morgan fingerprint density at radius 1 is 1.16 bits per heavy atom. The second-order valence-electron chi connectivity index (χ2n) is 11.4. The van der Waals surface area contributed by atoms with Crippen molar-refractivity contribution in [3.63, 3.8) is 0 Å². The normalized spacial score (nSPS) is 31.0. The summed E-state index contributed by atoms with van der Waals surface area (Å²) in [6, 6.07) is 2.14. The fraction of sp³-hybridized carbons (Fsp3) is 0.536. The van der Waals surface area contributed by atoms with Crippen LogP contribution in [0.3, 0.4) is 0 Å². The fourth-order valence-corrected chi connectivity index (χ4v) is 6.56. The number of phenols is 1. The summed E-state index contributed by atoms with van der Waals surface area (Å²) in [6.45, 7) is 5.90. The molecule has 1 fully saturated rings. The number of carbonyl (C=O) groups is 3. The topological polar surface area (TPSA) is 182 Å². The van der Waals surface area contributed by atoms with Crippen LogP contribution >= 0.6 is 0 Å². The lowest BCUT2D eigenvalue weighted by molar-refractivity contribution is -0.169. The van der Waals surface area contributed by atoms with Crippen molar-refractivity contribution in [3.8, 4) is 5.75 Å². The maximum absolute atomic E-state index is 14.0. The van der Waals surface area contributed by atoms with Gasteiger partial charge in [-0.05, 0) is 49.9 Å². The molecule has 1 amide bonds. The van der Waals surface area contributed by atoms with Crippen LogP contribution in [0, 0.1) is 17.8 Å². The Bertz CT molecular complexity index is 1280. The Morgan fingerprint density at radius 3 is 2.34 bits per heavy atom. The standard InChI is InChI=1S/C28H36N2O8/c1-11(2)7-6-8-13-9-10-14-12(3)15-17(22(32)16(14)21(13)31)25(35)28(38)19(23(15)33)20(30(4)5)24(34)18(26(28)36)27(29)37/h9-12,15,19-20,23,31-33,36,38H,6-8H2,1-5H3,(H2,29,37)/t12-,15?,19?,20-,23-,28-/m0/s1. The lowest BCUT2D eigenvalue weighted by Gasteiger charge is -2.53. The summed E-state index contributed by atoms with van der Waals surface area (Å²) in [7, 11) is 2.95. The molecule has 2 unspecified atom stereocenters. The van der Waals surface area contributed by atoms with E-state index in [0.717, 1.165) is 12.8 Å². The number of hydrogen-bond acceptors (Lipinski definition) is 9. The molecule has 1 aromatic rings. The number of nitrogens with two attached hydrogens (primary N) is 1. The molecule has 0 saturated heterocycles. The first-order chi connectivity index (χ1) is 17.7. The zero-order valence-corrected chi connectivity index (χ0v) is 22.2. The largest absolute Gasteiger partial charge is 0.508 e. The Morgan fingerprint density at radius 2 is 1.79 bits per heavy atom. The van der Waals surface area contributed by atoms with Crippen LogP contribution in [0.4, 0.5) is 0 Å². The van der Waals surface area contributed by atoms with Crippen LogP contribution in [0.2, 0.25) is 0 Å². The Kier molecular flexibility index (Phi) is 6.97. The van der Waals surface area contributed by atoms with Crippen molar-refractivity contribution < 1.29 is 39.9 Å². The molecule has 3 aliphatic rings. The van der Waals surface area contributed by atoms with Crippen molar-refractivity contribution in [2.75, 3.05) is 14.1 Å². The number of aliphatic hydroxyl groups is 4. The van der Waals surface area contributed by atoms with Gasteiger partial charge in [0.2, 0.25) is 5.78 Å². The zero-order valence-electron chi connectivity index (χ0n) is 22.2. The average Bonchev–Trinajstić information content (AvgIpc) is 2.82. The molecule has 0 spiro atoms. The number of nitrogens with zero attached hydrogens (tertiary/aromatic N) is 1. The third-order valence-corrected chi connectivity index (χ3v) is 8.44. The van der Waals surface area contributed by atoms with Crippen molar-refractivity contribution in [2.24, 2.45) is 23.5 Å². The van der Waals surface area contributed by atoms with Crippen LogP contribution in [0.25, 0.3) is 5.76 Å². The molecule has 10 nitrogen and oxygen atoms in total. The Balaban J connectivity index is 1.94. The van der Waals surface area contributed by atoms with Crippen LogP contribution in [0.15, 0.2) is 29.0 Å². The van der Waals surface area contributed by atoms with Gasteiger partial charge in [0.05, 0.1) is 23.6 Å². The summed E-state index contributed by atoms with van der Waals surface area (Å²) in [5.74, 6) is -8.24. The fourth-order valence-electron chi connectivity index (χ4n) is 6.56. The van der Waals surface area contributed by atoms with Gasteiger partial charge in [-0.25, -0.2) is 0 Å². The van der Waals surface area contributed by atoms with Gasteiger partial charge >= 0.3 is 0 Å². The number of rotatable bonds is 6. The minimum Gasteiger partial charge on any atom is -0.508 e. The van der Waals surface area contributed by atoms with Crippen molar-refractivity contribution in [1.29, 1.82) is 0 Å². The molecular formula is C28H36N2O8. The summed E-state index contributed by atoms with van der Waals surface area (Å²) < 4.78 is 0. The monoisotopic (exact) mass is 528 g/mol. The molecule has 4 rings (SSSR count). The number of aliphatic hydroxyl groups excluding tert-OH is 3. The second kappa shape index (κ2) is 9.52. The highest BCUT2D eigenvalue weighted by molar-refractivity contribution is 6.24. The van der Waals surface area contributed by atoms with Gasteiger partial charge in [-0.15, -0.1) is 0 Å². The van der Waals surface area contributed by atoms with E-state index in [9.17, 15) is 39.9 Å². The molecule has 0 aromatic heterocycles. The van der Waals surface area contributed by atoms with Crippen molar-refractivity contribution in [1.82, 2.24) is 4.90 Å². The molecule has 38 heavy (non-hydrogen) atoms. The molecule has 7 N–H and O–H groups in total. The van der Waals surface area contributed by atoms with E-state index >= 15 is 0 Å². The maximum Gasteiger partial charge on any atom is 0.255 e. The predicted octanol–water partition coefficient (Wildman–Crippen LogP) is 1.47. The molecule has 0 aliphatic heterocycles. The number of aryl methyl sites for hydroxylation is 1. The summed E-state index contributed by atoms with van der Waals surface area (Å²) in [4.78, 5) is 40.6. The van der Waals surface area contributed by atoms with Crippen molar-refractivity contribution in [3.05, 3.63) is 45.7 Å². The summed E-state index contributed by atoms with van der Waals surface area (Å²) in [5.41, 5.74) is 2.23. The molecular weight excluding hydrogens is 492 g/mol. The maximum atomic E-state index is 14.0. The number of aromatic hydroxyl groups is 1. The molecule has 1 aromatic carbocycles. The molecule has 0 bridgehead atoms. The van der Waals surface area contributed by atoms with E-state index in [-0.39, 0.29) is 16.9 Å². The minimum absolute atomic E-state index is 0.0306. The first kappa shape index (κ1) is 27.8. The third kappa shape index (κ3) is 3.77. The number of primary amides is 1. The first-order valence-corrected chi connectivity index (χ1v) is 12.8. The number of ketones is 2. The smallest absolute Gasteiger partial charge is 0.255 e. The number of phenolic OH excluding ortho intramolecular Hbond substituents is 1. The molecule has 206 valence electrons.